The molecule has 0 fully saturated rings. The van der Waals surface area contributed by atoms with E-state index in [1.165, 1.54) is 59.3 Å². The number of halogens is 1. The van der Waals surface area contributed by atoms with Crippen LogP contribution < -0.4 is 0 Å². The van der Waals surface area contributed by atoms with Crippen LogP contribution in [0.1, 0.15) is 77.1 Å². The summed E-state index contributed by atoms with van der Waals surface area (Å²) < 4.78 is 1.32. The van der Waals surface area contributed by atoms with Gasteiger partial charge in [-0.2, -0.15) is 0 Å². The molecule has 0 aliphatic carbocycles. The second-order valence-corrected chi connectivity index (χ2v) is 8.37. The third-order valence-corrected chi connectivity index (χ3v) is 5.69. The van der Waals surface area contributed by atoms with E-state index in [2.05, 4.69) is 48.3 Å². The second kappa shape index (κ2) is 8.51. The second-order valence-electron chi connectivity index (χ2n) is 5.44. The predicted molar refractivity (Wildman–Crippen MR) is 90.5 cm³/mol. The lowest BCUT2D eigenvalue weighted by Crippen LogP contribution is -2.21. The van der Waals surface area contributed by atoms with Crippen LogP contribution in [0.3, 0.4) is 0 Å². The maximum Gasteiger partial charge on any atom is 0.0994 e. The highest BCUT2D eigenvalue weighted by Gasteiger charge is 2.28. The summed E-state index contributed by atoms with van der Waals surface area (Å²) in [5.41, 5.74) is 0.317. The summed E-state index contributed by atoms with van der Waals surface area (Å²) in [5, 5.41) is 1.36. The molecular formula is C15H26INS. The number of rotatable bonds is 9. The van der Waals surface area contributed by atoms with Gasteiger partial charge in [0.05, 0.1) is 14.1 Å². The first-order valence-corrected chi connectivity index (χ1v) is 9.13. The van der Waals surface area contributed by atoms with Gasteiger partial charge in [-0.25, -0.2) is 4.98 Å². The van der Waals surface area contributed by atoms with Crippen molar-refractivity contribution < 1.29 is 0 Å². The molecule has 1 aromatic rings. The molecule has 18 heavy (non-hydrogen) atoms. The van der Waals surface area contributed by atoms with Crippen molar-refractivity contribution in [1.82, 2.24) is 4.98 Å². The fourth-order valence-electron chi connectivity index (χ4n) is 2.38. The van der Waals surface area contributed by atoms with Gasteiger partial charge in [0.15, 0.2) is 0 Å². The molecule has 1 atom stereocenters. The summed E-state index contributed by atoms with van der Waals surface area (Å²) in [6.07, 6.45) is 12.6. The van der Waals surface area contributed by atoms with Crippen molar-refractivity contribution in [1.29, 1.82) is 0 Å². The van der Waals surface area contributed by atoms with Gasteiger partial charge in [0.1, 0.15) is 0 Å². The van der Waals surface area contributed by atoms with Gasteiger partial charge < -0.3 is 0 Å². The predicted octanol–water partition coefficient (Wildman–Crippen LogP) is 6.17. The minimum atomic E-state index is 0.317. The fourth-order valence-corrected chi connectivity index (χ4v) is 3.99. The van der Waals surface area contributed by atoms with Crippen molar-refractivity contribution in [3.63, 3.8) is 0 Å². The first-order valence-electron chi connectivity index (χ1n) is 7.24. The van der Waals surface area contributed by atoms with Crippen LogP contribution in [0.5, 0.6) is 0 Å². The molecule has 1 unspecified atom stereocenters. The molecule has 0 bridgehead atoms. The summed E-state index contributed by atoms with van der Waals surface area (Å²) in [7, 11) is 0. The molecule has 1 aromatic heterocycles. The third-order valence-electron chi connectivity index (χ3n) is 3.66. The van der Waals surface area contributed by atoms with Crippen LogP contribution >= 0.6 is 33.9 Å². The zero-order chi connectivity index (χ0) is 13.4. The normalized spacial score (nSPS) is 14.7. The van der Waals surface area contributed by atoms with E-state index < -0.39 is 0 Å². The molecule has 0 saturated carbocycles. The van der Waals surface area contributed by atoms with Gasteiger partial charge in [-0.3, -0.25) is 0 Å². The minimum Gasteiger partial charge on any atom is -0.248 e. The van der Waals surface area contributed by atoms with E-state index >= 15 is 0 Å². The molecule has 0 radical (unpaired) electrons. The van der Waals surface area contributed by atoms with E-state index in [1.807, 2.05) is 17.5 Å². The topological polar surface area (TPSA) is 12.9 Å². The van der Waals surface area contributed by atoms with Crippen molar-refractivity contribution in [2.24, 2.45) is 0 Å². The van der Waals surface area contributed by atoms with Crippen molar-refractivity contribution in [2.45, 2.75) is 77.6 Å². The first-order chi connectivity index (χ1) is 8.62. The molecule has 1 rings (SSSR count). The standard InChI is InChI=1S/C15H26INS/c1-4-6-8-9-11-15(3,10-7-5-2)14-17-12-13(16)18-14/h12H,4-11H2,1-3H3. The Morgan fingerprint density at radius 2 is 1.78 bits per heavy atom. The molecule has 0 aliphatic rings. The molecule has 0 spiro atoms. The zero-order valence-corrected chi connectivity index (χ0v) is 14.9. The fraction of sp³-hybridized carbons (Fsp3) is 0.800. The summed E-state index contributed by atoms with van der Waals surface area (Å²) >= 11 is 4.27. The van der Waals surface area contributed by atoms with E-state index in [4.69, 9.17) is 0 Å². The van der Waals surface area contributed by atoms with Gasteiger partial charge in [-0.15, -0.1) is 11.3 Å². The van der Waals surface area contributed by atoms with Crippen LogP contribution in [0.2, 0.25) is 0 Å². The molecule has 0 aliphatic heterocycles. The Hall–Kier alpha value is 0.360. The van der Waals surface area contributed by atoms with Gasteiger partial charge in [-0.1, -0.05) is 59.3 Å². The maximum atomic E-state index is 4.65. The SMILES string of the molecule is CCCCCCC(C)(CCCC)c1ncc(I)s1. The van der Waals surface area contributed by atoms with Crippen LogP contribution in [-0.2, 0) is 5.41 Å². The van der Waals surface area contributed by atoms with Crippen LogP contribution in [0.4, 0.5) is 0 Å². The van der Waals surface area contributed by atoms with Crippen molar-refractivity contribution in [2.75, 3.05) is 0 Å². The third kappa shape index (κ3) is 5.16. The molecular weight excluding hydrogens is 353 g/mol. The van der Waals surface area contributed by atoms with Crippen molar-refractivity contribution in [3.8, 4) is 0 Å². The smallest absolute Gasteiger partial charge is 0.0994 e. The lowest BCUT2D eigenvalue weighted by atomic mass is 9.80. The number of thiazole rings is 1. The Labute approximate surface area is 130 Å². The highest BCUT2D eigenvalue weighted by atomic mass is 127. The van der Waals surface area contributed by atoms with E-state index in [9.17, 15) is 0 Å². The van der Waals surface area contributed by atoms with Gasteiger partial charge in [0.2, 0.25) is 0 Å². The summed E-state index contributed by atoms with van der Waals surface area (Å²) in [6.45, 7) is 6.98. The van der Waals surface area contributed by atoms with Crippen LogP contribution in [0.15, 0.2) is 6.20 Å². The Morgan fingerprint density at radius 1 is 1.11 bits per heavy atom. The van der Waals surface area contributed by atoms with Crippen LogP contribution in [0, 0.1) is 2.88 Å². The molecule has 1 nitrogen and oxygen atoms in total. The van der Waals surface area contributed by atoms with Gasteiger partial charge in [0, 0.05) is 5.41 Å². The molecule has 1 heterocycles. The number of hydrogen-bond donors (Lipinski definition) is 0. The highest BCUT2D eigenvalue weighted by molar-refractivity contribution is 14.1. The van der Waals surface area contributed by atoms with Gasteiger partial charge in [-0.05, 0) is 35.4 Å². The molecule has 3 heteroatoms. The van der Waals surface area contributed by atoms with Crippen LogP contribution in [-0.4, -0.2) is 4.98 Å². The molecule has 0 saturated heterocycles. The highest BCUT2D eigenvalue weighted by Crippen LogP contribution is 2.37. The largest absolute Gasteiger partial charge is 0.248 e. The maximum absolute atomic E-state index is 4.65. The molecule has 0 N–H and O–H groups in total. The number of hydrogen-bond acceptors (Lipinski definition) is 2. The quantitative estimate of drug-likeness (QED) is 0.370. The summed E-state index contributed by atoms with van der Waals surface area (Å²) in [6, 6.07) is 0. The first kappa shape index (κ1) is 16.4. The van der Waals surface area contributed by atoms with Crippen LogP contribution in [0.25, 0.3) is 0 Å². The van der Waals surface area contributed by atoms with Crippen molar-refractivity contribution in [3.05, 3.63) is 14.1 Å². The van der Waals surface area contributed by atoms with E-state index in [0.717, 1.165) is 0 Å². The lowest BCUT2D eigenvalue weighted by molar-refractivity contribution is 0.368. The Kier molecular flexibility index (Phi) is 7.76. The molecule has 0 amide bonds. The Bertz CT molecular complexity index is 337. The number of nitrogens with zero attached hydrogens (tertiary/aromatic N) is 1. The zero-order valence-electron chi connectivity index (χ0n) is 12.0. The van der Waals surface area contributed by atoms with E-state index in [0.29, 0.717) is 5.41 Å². The van der Waals surface area contributed by atoms with Gasteiger partial charge >= 0.3 is 0 Å². The lowest BCUT2D eigenvalue weighted by Gasteiger charge is -2.27. The summed E-state index contributed by atoms with van der Waals surface area (Å²) in [4.78, 5) is 4.65. The monoisotopic (exact) mass is 379 g/mol. The summed E-state index contributed by atoms with van der Waals surface area (Å²) in [5.74, 6) is 0. The van der Waals surface area contributed by atoms with Gasteiger partial charge in [0.25, 0.3) is 0 Å². The number of unbranched alkanes of at least 4 members (excludes halogenated alkanes) is 4. The molecule has 0 aromatic carbocycles. The Balaban J connectivity index is 2.62. The van der Waals surface area contributed by atoms with Crippen molar-refractivity contribution >= 4 is 33.9 Å². The van der Waals surface area contributed by atoms with E-state index in [-0.39, 0.29) is 0 Å². The molecule has 104 valence electrons. The average Bonchev–Trinajstić information content (AvgIpc) is 2.80. The Morgan fingerprint density at radius 3 is 2.33 bits per heavy atom. The number of aromatic nitrogens is 1. The van der Waals surface area contributed by atoms with E-state index in [1.54, 1.807) is 0 Å². The minimum absolute atomic E-state index is 0.317. The average molecular weight is 379 g/mol.